The number of rotatable bonds is 7. The molecule has 0 amide bonds. The predicted octanol–water partition coefficient (Wildman–Crippen LogP) is 5.42. The molecule has 5 rings (SSSR count). The summed E-state index contributed by atoms with van der Waals surface area (Å²) >= 11 is 3.27. The molecule has 1 aliphatic carbocycles. The van der Waals surface area contributed by atoms with E-state index in [9.17, 15) is 4.79 Å². The monoisotopic (exact) mass is 422 g/mol. The maximum Gasteiger partial charge on any atom is 0.192 e. The van der Waals surface area contributed by atoms with E-state index in [2.05, 4.69) is 37.3 Å². The first-order valence-corrected chi connectivity index (χ1v) is 11.6. The molecule has 1 fully saturated rings. The van der Waals surface area contributed by atoms with Crippen molar-refractivity contribution in [3.8, 4) is 0 Å². The van der Waals surface area contributed by atoms with Gasteiger partial charge in [0.1, 0.15) is 5.82 Å². The molecule has 4 aromatic rings. The quantitative estimate of drug-likeness (QED) is 0.319. The number of nitrogens with zero attached hydrogens (tertiary/aromatic N) is 3. The van der Waals surface area contributed by atoms with Crippen LogP contribution in [0.3, 0.4) is 0 Å². The fourth-order valence-corrected chi connectivity index (χ4v) is 5.48. The highest BCUT2D eigenvalue weighted by molar-refractivity contribution is 8.00. The molecule has 1 atom stereocenters. The van der Waals surface area contributed by atoms with Crippen LogP contribution in [0.4, 0.5) is 0 Å². The number of hydrogen-bond acceptors (Lipinski definition) is 5. The molecule has 0 unspecified atom stereocenters. The lowest BCUT2D eigenvalue weighted by molar-refractivity contribution is 0.0995. The summed E-state index contributed by atoms with van der Waals surface area (Å²) in [5, 5.41) is 12.7. The molecule has 1 saturated carbocycles. The van der Waals surface area contributed by atoms with Crippen LogP contribution < -0.4 is 0 Å². The molecule has 0 radical (unpaired) electrons. The van der Waals surface area contributed by atoms with Crippen molar-refractivity contribution in [2.24, 2.45) is 0 Å². The van der Waals surface area contributed by atoms with Crippen LogP contribution in [0.25, 0.3) is 10.9 Å². The smallest absolute Gasteiger partial charge is 0.192 e. The Labute approximate surface area is 177 Å². The average Bonchev–Trinajstić information content (AvgIpc) is 3.11. The number of hydrogen-bond donors (Lipinski definition) is 1. The molecule has 5 nitrogen and oxygen atoms in total. The Hall–Kier alpha value is -2.38. The van der Waals surface area contributed by atoms with E-state index in [0.717, 1.165) is 52.4 Å². The second-order valence-electron chi connectivity index (χ2n) is 7.55. The van der Waals surface area contributed by atoms with Crippen LogP contribution in [0, 0.1) is 6.92 Å². The van der Waals surface area contributed by atoms with Crippen LogP contribution in [0.2, 0.25) is 0 Å². The number of H-pyrrole nitrogens is 1. The highest BCUT2D eigenvalue weighted by Crippen LogP contribution is 2.40. The van der Waals surface area contributed by atoms with Crippen molar-refractivity contribution >= 4 is 39.8 Å². The Kier molecular flexibility index (Phi) is 4.80. The fraction of sp³-hybridized carbons (Fsp3) is 0.318. The highest BCUT2D eigenvalue weighted by Gasteiger charge is 2.32. The normalized spacial score (nSPS) is 15.1. The molecular weight excluding hydrogens is 400 g/mol. The summed E-state index contributed by atoms with van der Waals surface area (Å²) in [6.45, 7) is 3.94. The minimum atomic E-state index is -0.232. The largest absolute Gasteiger partial charge is 0.358 e. The van der Waals surface area contributed by atoms with Crippen LogP contribution in [0.15, 0.2) is 46.9 Å². The third kappa shape index (κ3) is 3.53. The minimum Gasteiger partial charge on any atom is -0.358 e. The van der Waals surface area contributed by atoms with Crippen LogP contribution in [0.1, 0.15) is 52.6 Å². The lowest BCUT2D eigenvalue weighted by atomic mass is 10.1. The number of Topliss-reactive ketones (excluding diaryl/α,β-unsaturated/α-hetero) is 1. The van der Waals surface area contributed by atoms with Gasteiger partial charge >= 0.3 is 0 Å². The number of thiophene rings is 1. The number of benzene rings is 1. The molecule has 0 spiro atoms. The van der Waals surface area contributed by atoms with Crippen molar-refractivity contribution in [2.45, 2.75) is 49.6 Å². The number of ketones is 1. The Bertz CT molecular complexity index is 1170. The van der Waals surface area contributed by atoms with Crippen LogP contribution >= 0.6 is 23.1 Å². The number of carbonyl (C=O) groups excluding carboxylic acids is 1. The molecule has 3 heterocycles. The van der Waals surface area contributed by atoms with E-state index in [1.807, 2.05) is 38.1 Å². The molecule has 0 bridgehead atoms. The Morgan fingerprint density at radius 3 is 2.86 bits per heavy atom. The number of para-hydroxylation sites is 1. The van der Waals surface area contributed by atoms with Crippen molar-refractivity contribution in [3.63, 3.8) is 0 Å². The van der Waals surface area contributed by atoms with Crippen LogP contribution in [0.5, 0.6) is 0 Å². The van der Waals surface area contributed by atoms with Crippen molar-refractivity contribution in [2.75, 3.05) is 0 Å². The van der Waals surface area contributed by atoms with Gasteiger partial charge in [-0.3, -0.25) is 4.79 Å². The molecule has 1 N–H and O–H groups in total. The zero-order chi connectivity index (χ0) is 20.0. The summed E-state index contributed by atoms with van der Waals surface area (Å²) in [5.41, 5.74) is 2.72. The molecule has 0 saturated heterocycles. The highest BCUT2D eigenvalue weighted by atomic mass is 32.2. The van der Waals surface area contributed by atoms with Gasteiger partial charge in [0.25, 0.3) is 0 Å². The van der Waals surface area contributed by atoms with Gasteiger partial charge in [-0.25, -0.2) is 0 Å². The van der Waals surface area contributed by atoms with E-state index < -0.39 is 0 Å². The zero-order valence-corrected chi connectivity index (χ0v) is 18.0. The molecule has 7 heteroatoms. The van der Waals surface area contributed by atoms with Crippen molar-refractivity contribution in [3.05, 3.63) is 63.7 Å². The number of fused-ring (bicyclic) bond motifs is 1. The van der Waals surface area contributed by atoms with Gasteiger partial charge < -0.3 is 9.55 Å². The van der Waals surface area contributed by atoms with Crippen molar-refractivity contribution in [1.29, 1.82) is 0 Å². The number of aryl methyl sites for hydroxylation is 1. The zero-order valence-electron chi connectivity index (χ0n) is 16.4. The molecule has 3 aromatic heterocycles. The molecule has 0 aliphatic heterocycles. The first-order chi connectivity index (χ1) is 14.1. The number of nitrogens with one attached hydrogen (secondary N) is 1. The van der Waals surface area contributed by atoms with E-state index in [1.54, 1.807) is 11.3 Å². The van der Waals surface area contributed by atoms with Gasteiger partial charge in [0.15, 0.2) is 10.9 Å². The Morgan fingerprint density at radius 2 is 2.10 bits per heavy atom. The Morgan fingerprint density at radius 1 is 1.28 bits per heavy atom. The summed E-state index contributed by atoms with van der Waals surface area (Å²) in [6, 6.07) is 12.7. The maximum absolute atomic E-state index is 13.3. The van der Waals surface area contributed by atoms with Gasteiger partial charge in [-0.1, -0.05) is 36.0 Å². The molecule has 1 aromatic carbocycles. The SMILES string of the molecule is Cc1[nH]c2ccccc2c1C(=O)[C@@H](C)Sc1nnc(Cc2cccs2)n1C1CC1. The second kappa shape index (κ2) is 7.46. The van der Waals surface area contributed by atoms with Crippen molar-refractivity contribution < 1.29 is 4.79 Å². The predicted molar refractivity (Wildman–Crippen MR) is 118 cm³/mol. The number of aromatic nitrogens is 4. The lowest BCUT2D eigenvalue weighted by Crippen LogP contribution is -2.15. The van der Waals surface area contributed by atoms with Crippen molar-refractivity contribution in [1.82, 2.24) is 19.7 Å². The van der Waals surface area contributed by atoms with Gasteiger partial charge in [0, 0.05) is 39.5 Å². The lowest BCUT2D eigenvalue weighted by Gasteiger charge is -2.12. The summed E-state index contributed by atoms with van der Waals surface area (Å²) in [4.78, 5) is 17.9. The third-order valence-electron chi connectivity index (χ3n) is 5.35. The molecular formula is C22H22N4OS2. The van der Waals surface area contributed by atoms with Gasteiger partial charge in [-0.15, -0.1) is 21.5 Å². The Balaban J connectivity index is 1.42. The third-order valence-corrected chi connectivity index (χ3v) is 7.28. The minimum absolute atomic E-state index is 0.134. The van der Waals surface area contributed by atoms with Gasteiger partial charge in [0.05, 0.1) is 5.25 Å². The molecule has 29 heavy (non-hydrogen) atoms. The van der Waals surface area contributed by atoms with Gasteiger partial charge in [0.2, 0.25) is 0 Å². The first-order valence-electron chi connectivity index (χ1n) is 9.86. The first kappa shape index (κ1) is 18.6. The van der Waals surface area contributed by atoms with Gasteiger partial charge in [-0.05, 0) is 44.2 Å². The van der Waals surface area contributed by atoms with Crippen LogP contribution in [-0.4, -0.2) is 30.8 Å². The standard InChI is InChI=1S/C22H22N4OS2/c1-13-20(17-7-3-4-8-18(17)23-13)21(27)14(2)29-22-25-24-19(26(22)15-9-10-15)12-16-6-5-11-28-16/h3-8,11,14-15,23H,9-10,12H2,1-2H3/t14-/m1/s1. The summed E-state index contributed by atoms with van der Waals surface area (Å²) in [7, 11) is 0. The number of carbonyl (C=O) groups is 1. The number of aromatic amines is 1. The topological polar surface area (TPSA) is 63.6 Å². The van der Waals surface area contributed by atoms with E-state index in [1.165, 1.54) is 16.6 Å². The van der Waals surface area contributed by atoms with E-state index in [4.69, 9.17) is 0 Å². The van der Waals surface area contributed by atoms with E-state index >= 15 is 0 Å². The summed E-state index contributed by atoms with van der Waals surface area (Å²) in [6.07, 6.45) is 3.12. The maximum atomic E-state index is 13.3. The molecule has 1 aliphatic rings. The average molecular weight is 423 g/mol. The number of thioether (sulfide) groups is 1. The summed E-state index contributed by atoms with van der Waals surface area (Å²) < 4.78 is 2.26. The fourth-order valence-electron chi connectivity index (χ4n) is 3.79. The second-order valence-corrected chi connectivity index (χ2v) is 9.89. The molecule has 148 valence electrons. The summed E-state index contributed by atoms with van der Waals surface area (Å²) in [5.74, 6) is 1.13. The van der Waals surface area contributed by atoms with Gasteiger partial charge in [-0.2, -0.15) is 0 Å². The van der Waals surface area contributed by atoms with Crippen LogP contribution in [-0.2, 0) is 6.42 Å². The van der Waals surface area contributed by atoms with E-state index in [0.29, 0.717) is 6.04 Å². The van der Waals surface area contributed by atoms with E-state index in [-0.39, 0.29) is 11.0 Å².